The summed E-state index contributed by atoms with van der Waals surface area (Å²) in [4.78, 5) is 3.23. The Labute approximate surface area is 80.9 Å². The van der Waals surface area contributed by atoms with Gasteiger partial charge in [0.15, 0.2) is 11.6 Å². The molecule has 0 fully saturated rings. The summed E-state index contributed by atoms with van der Waals surface area (Å²) in [5.41, 5.74) is -0.529. The number of pyridine rings is 1. The van der Waals surface area contributed by atoms with Crippen LogP contribution < -0.4 is 4.74 Å². The van der Waals surface area contributed by atoms with Gasteiger partial charge in [-0.2, -0.15) is 0 Å². The van der Waals surface area contributed by atoms with E-state index in [0.29, 0.717) is 6.20 Å². The molecule has 0 unspecified atom stereocenters. The van der Waals surface area contributed by atoms with Gasteiger partial charge in [-0.1, -0.05) is 0 Å². The van der Waals surface area contributed by atoms with Crippen molar-refractivity contribution >= 4 is 15.9 Å². The van der Waals surface area contributed by atoms with Crippen LogP contribution in [0, 0.1) is 5.82 Å². The zero-order chi connectivity index (χ0) is 10.0. The normalized spacial score (nSPS) is 10.6. The van der Waals surface area contributed by atoms with Crippen LogP contribution in [0.1, 0.15) is 12.1 Å². The van der Waals surface area contributed by atoms with Crippen molar-refractivity contribution in [2.24, 2.45) is 0 Å². The number of halogens is 4. The molecular weight excluding hydrogens is 251 g/mol. The van der Waals surface area contributed by atoms with Crippen LogP contribution >= 0.6 is 15.9 Å². The third-order valence-electron chi connectivity index (χ3n) is 1.37. The van der Waals surface area contributed by atoms with Crippen molar-refractivity contribution < 1.29 is 17.9 Å². The monoisotopic (exact) mass is 255 g/mol. The summed E-state index contributed by atoms with van der Waals surface area (Å²) in [5, 5.41) is 0. The van der Waals surface area contributed by atoms with Crippen LogP contribution in [0.2, 0.25) is 0 Å². The Morgan fingerprint density at radius 2 is 2.15 bits per heavy atom. The predicted molar refractivity (Wildman–Crippen MR) is 43.4 cm³/mol. The zero-order valence-electron chi connectivity index (χ0n) is 6.52. The maximum Gasteiger partial charge on any atom is 0.281 e. The quantitative estimate of drug-likeness (QED) is 0.811. The van der Waals surface area contributed by atoms with E-state index in [1.54, 1.807) is 0 Å². The highest BCUT2D eigenvalue weighted by molar-refractivity contribution is 9.10. The van der Waals surface area contributed by atoms with E-state index < -0.39 is 17.9 Å². The molecule has 0 radical (unpaired) electrons. The van der Waals surface area contributed by atoms with Gasteiger partial charge in [-0.25, -0.2) is 13.2 Å². The maximum atomic E-state index is 12.8. The molecule has 0 amide bonds. The number of hydrogen-bond donors (Lipinski definition) is 0. The summed E-state index contributed by atoms with van der Waals surface area (Å²) in [6.07, 6.45) is -2.06. The van der Waals surface area contributed by atoms with Crippen molar-refractivity contribution in [1.29, 1.82) is 0 Å². The Bertz CT molecular complexity index is 319. The molecule has 0 spiro atoms. The van der Waals surface area contributed by atoms with E-state index in [2.05, 4.69) is 25.7 Å². The molecule has 0 saturated carbocycles. The summed E-state index contributed by atoms with van der Waals surface area (Å²) >= 11 is 2.79. The minimum Gasteiger partial charge on any atom is -0.492 e. The van der Waals surface area contributed by atoms with E-state index in [9.17, 15) is 13.2 Å². The molecule has 72 valence electrons. The standard InChI is InChI=1S/C7H5BrF3NO/c1-13-6-3(9)2-12-5(4(6)8)7(10)11/h2,7H,1H3. The molecule has 2 nitrogen and oxygen atoms in total. The molecule has 13 heavy (non-hydrogen) atoms. The molecule has 1 heterocycles. The first kappa shape index (κ1) is 10.3. The van der Waals surface area contributed by atoms with E-state index in [0.717, 1.165) is 0 Å². The molecule has 1 aromatic rings. The molecule has 0 aliphatic carbocycles. The SMILES string of the molecule is COc1c(F)cnc(C(F)F)c1Br. The molecule has 0 atom stereocenters. The van der Waals surface area contributed by atoms with E-state index in [1.807, 2.05) is 0 Å². The number of ether oxygens (including phenoxy) is 1. The van der Waals surface area contributed by atoms with Crippen molar-refractivity contribution in [3.05, 3.63) is 22.2 Å². The molecule has 0 N–H and O–H groups in total. The fourth-order valence-corrected chi connectivity index (χ4v) is 1.43. The van der Waals surface area contributed by atoms with Gasteiger partial charge in [-0.15, -0.1) is 0 Å². The minimum absolute atomic E-state index is 0.148. The molecule has 0 bridgehead atoms. The third kappa shape index (κ3) is 1.93. The first-order chi connectivity index (χ1) is 6.07. The Balaban J connectivity index is 3.27. The van der Waals surface area contributed by atoms with Gasteiger partial charge in [-0.3, -0.25) is 4.98 Å². The van der Waals surface area contributed by atoms with Crippen LogP contribution in [0.25, 0.3) is 0 Å². The van der Waals surface area contributed by atoms with E-state index in [-0.39, 0.29) is 10.2 Å². The molecule has 6 heteroatoms. The summed E-state index contributed by atoms with van der Waals surface area (Å²) < 4.78 is 41.7. The summed E-state index contributed by atoms with van der Waals surface area (Å²) in [6.45, 7) is 0. The second kappa shape index (κ2) is 3.95. The average molecular weight is 256 g/mol. The van der Waals surface area contributed by atoms with E-state index in [4.69, 9.17) is 0 Å². The zero-order valence-corrected chi connectivity index (χ0v) is 8.11. The largest absolute Gasteiger partial charge is 0.492 e. The lowest BCUT2D eigenvalue weighted by Crippen LogP contribution is -1.98. The molecule has 0 saturated heterocycles. The van der Waals surface area contributed by atoms with Crippen molar-refractivity contribution in [3.63, 3.8) is 0 Å². The topological polar surface area (TPSA) is 22.1 Å². The Morgan fingerprint density at radius 1 is 1.54 bits per heavy atom. The van der Waals surface area contributed by atoms with Crippen LogP contribution in [0.5, 0.6) is 5.75 Å². The smallest absolute Gasteiger partial charge is 0.281 e. The lowest BCUT2D eigenvalue weighted by Gasteiger charge is -2.07. The highest BCUT2D eigenvalue weighted by Gasteiger charge is 2.19. The second-order valence-electron chi connectivity index (χ2n) is 2.14. The van der Waals surface area contributed by atoms with Gasteiger partial charge >= 0.3 is 0 Å². The van der Waals surface area contributed by atoms with Gasteiger partial charge in [0.25, 0.3) is 6.43 Å². The fourth-order valence-electron chi connectivity index (χ4n) is 0.802. The fraction of sp³-hybridized carbons (Fsp3) is 0.286. The van der Waals surface area contributed by atoms with Gasteiger partial charge in [0, 0.05) is 0 Å². The van der Waals surface area contributed by atoms with Crippen LogP contribution in [-0.4, -0.2) is 12.1 Å². The van der Waals surface area contributed by atoms with Crippen molar-refractivity contribution in [2.75, 3.05) is 7.11 Å². The number of hydrogen-bond acceptors (Lipinski definition) is 2. The Kier molecular flexibility index (Phi) is 3.13. The lowest BCUT2D eigenvalue weighted by atomic mass is 10.3. The van der Waals surface area contributed by atoms with E-state index in [1.165, 1.54) is 7.11 Å². The molecule has 1 aromatic heterocycles. The summed E-state index contributed by atoms with van der Waals surface area (Å²) in [5.74, 6) is -1.04. The Morgan fingerprint density at radius 3 is 2.62 bits per heavy atom. The molecule has 0 aromatic carbocycles. The predicted octanol–water partition coefficient (Wildman–Crippen LogP) is 2.93. The van der Waals surface area contributed by atoms with Crippen LogP contribution in [0.15, 0.2) is 10.7 Å². The van der Waals surface area contributed by atoms with Gasteiger partial charge < -0.3 is 4.74 Å². The lowest BCUT2D eigenvalue weighted by molar-refractivity contribution is 0.144. The van der Waals surface area contributed by atoms with Crippen molar-refractivity contribution in [2.45, 2.75) is 6.43 Å². The second-order valence-corrected chi connectivity index (χ2v) is 2.93. The highest BCUT2D eigenvalue weighted by atomic mass is 79.9. The van der Waals surface area contributed by atoms with Gasteiger partial charge in [-0.05, 0) is 15.9 Å². The highest BCUT2D eigenvalue weighted by Crippen LogP contribution is 2.34. The van der Waals surface area contributed by atoms with Crippen LogP contribution in [-0.2, 0) is 0 Å². The molecule has 0 aliphatic rings. The van der Waals surface area contributed by atoms with Gasteiger partial charge in [0.2, 0.25) is 0 Å². The number of nitrogens with zero attached hydrogens (tertiary/aromatic N) is 1. The number of aromatic nitrogens is 1. The first-order valence-electron chi connectivity index (χ1n) is 3.24. The molecule has 0 aliphatic heterocycles. The molecule has 1 rings (SSSR count). The first-order valence-corrected chi connectivity index (χ1v) is 4.03. The van der Waals surface area contributed by atoms with Crippen LogP contribution in [0.3, 0.4) is 0 Å². The molecular formula is C7H5BrF3NO. The van der Waals surface area contributed by atoms with Gasteiger partial charge in [0.1, 0.15) is 5.69 Å². The van der Waals surface area contributed by atoms with Crippen molar-refractivity contribution in [1.82, 2.24) is 4.98 Å². The minimum atomic E-state index is -2.76. The third-order valence-corrected chi connectivity index (χ3v) is 2.14. The number of methoxy groups -OCH3 is 1. The van der Waals surface area contributed by atoms with Crippen molar-refractivity contribution in [3.8, 4) is 5.75 Å². The number of alkyl halides is 2. The summed E-state index contributed by atoms with van der Waals surface area (Å²) in [6, 6.07) is 0. The van der Waals surface area contributed by atoms with Crippen LogP contribution in [0.4, 0.5) is 13.2 Å². The van der Waals surface area contributed by atoms with Gasteiger partial charge in [0.05, 0.1) is 17.8 Å². The van der Waals surface area contributed by atoms with E-state index >= 15 is 0 Å². The average Bonchev–Trinajstić information content (AvgIpc) is 2.04. The Hall–Kier alpha value is -0.780. The number of rotatable bonds is 2. The maximum absolute atomic E-state index is 12.8. The summed E-state index contributed by atoms with van der Waals surface area (Å²) in [7, 11) is 1.19.